The summed E-state index contributed by atoms with van der Waals surface area (Å²) in [5.74, 6) is -3.01. The first-order chi connectivity index (χ1) is 9.09. The van der Waals surface area contributed by atoms with Gasteiger partial charge in [-0.3, -0.25) is 0 Å². The van der Waals surface area contributed by atoms with Gasteiger partial charge < -0.3 is 4.74 Å². The zero-order valence-electron chi connectivity index (χ0n) is 15.1. The Hall–Kier alpha value is -0.0900. The Morgan fingerprint density at radius 2 is 2.64 bits per heavy atom. The Bertz CT molecular complexity index is 503. The van der Waals surface area contributed by atoms with Crippen LogP contribution in [0.5, 0.6) is 5.19 Å². The zero-order chi connectivity index (χ0) is 16.9. The number of thiazole rings is 1. The van der Waals surface area contributed by atoms with Gasteiger partial charge in [-0.05, 0) is 21.8 Å². The summed E-state index contributed by atoms with van der Waals surface area (Å²) in [6.07, 6.45) is 0. The van der Waals surface area contributed by atoms with Gasteiger partial charge in [-0.15, -0.1) is 0 Å². The first-order valence-corrected chi connectivity index (χ1v) is 4.06. The first kappa shape index (κ1) is 2.45. The van der Waals surface area contributed by atoms with E-state index in [-0.39, 0.29) is 3.79 Å². The highest BCUT2D eigenvalue weighted by Gasteiger charge is 2.11. The Labute approximate surface area is 92.8 Å². The van der Waals surface area contributed by atoms with Gasteiger partial charge in [-0.1, -0.05) is 25.0 Å². The minimum atomic E-state index is -3.20. The average Bonchev–Trinajstić information content (AvgIpc) is 2.51. The second-order valence-electron chi connectivity index (χ2n) is 1.58. The van der Waals surface area contributed by atoms with Gasteiger partial charge in [-0.2, -0.15) is 0 Å². The van der Waals surface area contributed by atoms with Gasteiger partial charge in [0, 0.05) is 9.60 Å². The number of nitrogens with zero attached hydrogens (tertiary/aromatic N) is 1. The summed E-state index contributed by atoms with van der Waals surface area (Å²) in [7, 11) is -2.82. The molecule has 1 aromatic rings. The Kier molecular flexibility index (Phi) is 0.788. The van der Waals surface area contributed by atoms with Crippen LogP contribution in [0.1, 0.15) is 39.0 Å². The van der Waals surface area contributed by atoms with E-state index in [1.165, 1.54) is 0 Å². The molecule has 0 amide bonds. The summed E-state index contributed by atoms with van der Waals surface area (Å²) in [5, 5.41) is -0.443. The number of methoxy groups -OCH3 is 1. The molecule has 4 heteroatoms. The predicted octanol–water partition coefficient (Wildman–Crippen LogP) is 3.04. The average molecular weight is 246 g/mol. The Balaban J connectivity index is 3.42. The maximum atomic E-state index is 7.94. The van der Waals surface area contributed by atoms with Gasteiger partial charge in [0.25, 0.3) is 5.19 Å². The van der Waals surface area contributed by atoms with Crippen LogP contribution in [-0.2, 0) is 0 Å². The summed E-state index contributed by atoms with van der Waals surface area (Å²) in [6, 6.07) is 0. The van der Waals surface area contributed by atoms with Gasteiger partial charge >= 0.3 is 0 Å². The van der Waals surface area contributed by atoms with Gasteiger partial charge in [-0.25, -0.2) is 4.98 Å². The maximum Gasteiger partial charge on any atom is 0.274 e. The highest BCUT2D eigenvalue weighted by Crippen LogP contribution is 2.33. The molecule has 0 saturated carbocycles. The molecular formula is C7H10BrNOS. The molecule has 1 aromatic heterocycles. The van der Waals surface area contributed by atoms with E-state index in [0.29, 0.717) is 11.3 Å². The Morgan fingerprint density at radius 1 is 1.82 bits per heavy atom. The third-order valence-corrected chi connectivity index (χ3v) is 2.47. The first-order valence-electron chi connectivity index (χ1n) is 7.45. The molecular weight excluding hydrogens is 226 g/mol. The van der Waals surface area contributed by atoms with Crippen molar-refractivity contribution in [3.05, 3.63) is 9.48 Å². The summed E-state index contributed by atoms with van der Waals surface area (Å²) < 4.78 is 77.3. The standard InChI is InChI=1S/C7H10BrNOS/c1-4(2)5-6(8)11-7(9-5)10-3/h4H,1-3H3/i1D3,2D3,3D3,4D. The van der Waals surface area contributed by atoms with E-state index in [1.807, 2.05) is 0 Å². The lowest BCUT2D eigenvalue weighted by Crippen LogP contribution is -1.88. The van der Waals surface area contributed by atoms with Crippen LogP contribution in [-0.4, -0.2) is 12.0 Å². The third kappa shape index (κ3) is 1.93. The Morgan fingerprint density at radius 3 is 3.27 bits per heavy atom. The molecule has 0 aliphatic heterocycles. The van der Waals surface area contributed by atoms with Crippen LogP contribution >= 0.6 is 27.3 Å². The molecule has 62 valence electrons. The van der Waals surface area contributed by atoms with Crippen LogP contribution in [0.25, 0.3) is 0 Å². The fraction of sp³-hybridized carbons (Fsp3) is 0.571. The van der Waals surface area contributed by atoms with E-state index in [2.05, 4.69) is 25.7 Å². The van der Waals surface area contributed by atoms with Crippen LogP contribution in [0, 0.1) is 0 Å². The van der Waals surface area contributed by atoms with Crippen molar-refractivity contribution in [3.8, 4) is 5.19 Å². The number of halogens is 1. The van der Waals surface area contributed by atoms with Crippen molar-refractivity contribution in [2.45, 2.75) is 19.6 Å². The number of ether oxygens (including phenoxy) is 1. The quantitative estimate of drug-likeness (QED) is 0.800. The van der Waals surface area contributed by atoms with Gasteiger partial charge in [0.05, 0.1) is 20.6 Å². The van der Waals surface area contributed by atoms with Crippen LogP contribution in [0.3, 0.4) is 0 Å². The fourth-order valence-corrected chi connectivity index (χ4v) is 1.76. The fourth-order valence-electron chi connectivity index (χ4n) is 0.481. The molecule has 0 aliphatic carbocycles. The van der Waals surface area contributed by atoms with Crippen molar-refractivity contribution < 1.29 is 18.4 Å². The van der Waals surface area contributed by atoms with E-state index in [9.17, 15) is 0 Å². The second-order valence-corrected chi connectivity index (χ2v) is 3.86. The highest BCUT2D eigenvalue weighted by molar-refractivity contribution is 9.11. The summed E-state index contributed by atoms with van der Waals surface area (Å²) in [6.45, 7) is -6.40. The lowest BCUT2D eigenvalue weighted by atomic mass is 10.2. The summed E-state index contributed by atoms with van der Waals surface area (Å²) >= 11 is 3.52. The van der Waals surface area contributed by atoms with Gasteiger partial charge in [0.1, 0.15) is 0 Å². The lowest BCUT2D eigenvalue weighted by molar-refractivity contribution is 0.410. The minimum absolute atomic E-state index is 0.0796. The second kappa shape index (κ2) is 3.54. The normalized spacial score (nSPS) is 28.5. The van der Waals surface area contributed by atoms with Crippen molar-refractivity contribution >= 4 is 27.3 Å². The lowest BCUT2D eigenvalue weighted by Gasteiger charge is -1.97. The summed E-state index contributed by atoms with van der Waals surface area (Å²) in [4.78, 5) is 3.58. The topological polar surface area (TPSA) is 22.1 Å². The molecule has 1 heterocycles. The molecule has 0 saturated heterocycles. The van der Waals surface area contributed by atoms with Crippen molar-refractivity contribution in [1.29, 1.82) is 0 Å². The van der Waals surface area contributed by atoms with E-state index in [1.54, 1.807) is 0 Å². The molecule has 0 N–H and O–H groups in total. The van der Waals surface area contributed by atoms with Crippen LogP contribution < -0.4 is 4.74 Å². The van der Waals surface area contributed by atoms with Gasteiger partial charge in [0.2, 0.25) is 0 Å². The molecule has 0 aliphatic rings. The van der Waals surface area contributed by atoms with E-state index < -0.39 is 37.5 Å². The van der Waals surface area contributed by atoms with Gasteiger partial charge in [0.15, 0.2) is 0 Å². The molecule has 0 fully saturated rings. The van der Waals surface area contributed by atoms with Crippen molar-refractivity contribution in [3.63, 3.8) is 0 Å². The minimum Gasteiger partial charge on any atom is -0.473 e. The van der Waals surface area contributed by atoms with Crippen molar-refractivity contribution in [2.75, 3.05) is 7.04 Å². The molecule has 0 unspecified atom stereocenters. The molecule has 0 aromatic carbocycles. The van der Waals surface area contributed by atoms with Crippen molar-refractivity contribution in [2.24, 2.45) is 0 Å². The third-order valence-electron chi connectivity index (χ3n) is 0.890. The largest absolute Gasteiger partial charge is 0.473 e. The highest BCUT2D eigenvalue weighted by atomic mass is 79.9. The summed E-state index contributed by atoms with van der Waals surface area (Å²) in [5.41, 5.74) is -0.605. The smallest absolute Gasteiger partial charge is 0.274 e. The molecule has 1 rings (SSSR count). The number of hydrogen-bond donors (Lipinski definition) is 0. The molecule has 0 atom stereocenters. The molecule has 0 bridgehead atoms. The van der Waals surface area contributed by atoms with Crippen LogP contribution in [0.15, 0.2) is 3.79 Å². The number of aromatic nitrogens is 1. The predicted molar refractivity (Wildman–Crippen MR) is 50.5 cm³/mol. The number of hydrogen-bond acceptors (Lipinski definition) is 3. The molecule has 2 nitrogen and oxygen atoms in total. The molecule has 0 spiro atoms. The zero-order valence-corrected chi connectivity index (χ0v) is 7.54. The van der Waals surface area contributed by atoms with E-state index in [4.69, 9.17) is 13.7 Å². The SMILES string of the molecule is [2H]C([2H])([2H])Oc1nc(C([2H])(C([2H])([2H])[2H])C([2H])([2H])[2H])c(Br)s1. The van der Waals surface area contributed by atoms with Crippen LogP contribution in [0.2, 0.25) is 0 Å². The monoisotopic (exact) mass is 245 g/mol. The molecule has 0 radical (unpaired) electrons. The maximum absolute atomic E-state index is 7.94. The van der Waals surface area contributed by atoms with Crippen LogP contribution in [0.4, 0.5) is 0 Å². The van der Waals surface area contributed by atoms with Crippen molar-refractivity contribution in [1.82, 2.24) is 4.98 Å². The molecule has 11 heavy (non-hydrogen) atoms. The van der Waals surface area contributed by atoms with E-state index >= 15 is 0 Å². The number of rotatable bonds is 2. The van der Waals surface area contributed by atoms with E-state index in [0.717, 1.165) is 0 Å².